The maximum atomic E-state index is 12.8. The minimum atomic E-state index is -4.48. The van der Waals surface area contributed by atoms with Crippen LogP contribution in [0, 0.1) is 6.92 Å². The Morgan fingerprint density at radius 1 is 1.37 bits per heavy atom. The van der Waals surface area contributed by atoms with E-state index in [1.807, 2.05) is 0 Å². The molecular weight excluding hydrogens is 297 g/mol. The second kappa shape index (κ2) is 5.48. The van der Waals surface area contributed by atoms with Crippen LogP contribution in [0.25, 0.3) is 0 Å². The van der Waals surface area contributed by atoms with E-state index in [4.69, 9.17) is 5.11 Å². The molecule has 0 aliphatic rings. The lowest BCUT2D eigenvalue weighted by Crippen LogP contribution is -2.09. The molecule has 0 radical (unpaired) electrons. The van der Waals surface area contributed by atoms with Crippen LogP contribution in [-0.4, -0.2) is 14.5 Å². The van der Waals surface area contributed by atoms with E-state index in [0.717, 1.165) is 29.4 Å². The summed E-state index contributed by atoms with van der Waals surface area (Å²) in [5, 5.41) is 8.94. The van der Waals surface area contributed by atoms with Gasteiger partial charge in [-0.2, -0.15) is 17.5 Å². The molecule has 3 nitrogen and oxygen atoms in total. The van der Waals surface area contributed by atoms with Crippen molar-refractivity contribution >= 4 is 23.3 Å². The van der Waals surface area contributed by atoms with Crippen LogP contribution in [0.2, 0.25) is 0 Å². The Balaban J connectivity index is 2.32. The van der Waals surface area contributed by atoms with Crippen molar-refractivity contribution in [2.45, 2.75) is 28.9 Å². The van der Waals surface area contributed by atoms with E-state index >= 15 is 0 Å². The Morgan fingerprint density at radius 2 is 2.11 bits per heavy atom. The average molecular weight is 306 g/mol. The normalized spacial score (nSPS) is 11.8. The summed E-state index contributed by atoms with van der Waals surface area (Å²) in [6, 6.07) is 3.83. The second-order valence-corrected chi connectivity index (χ2v) is 5.76. The van der Waals surface area contributed by atoms with Crippen molar-refractivity contribution < 1.29 is 18.3 Å². The molecule has 0 atom stereocenters. The molecule has 1 heterocycles. The molecule has 2 rings (SSSR count). The minimum absolute atomic E-state index is 0.134. The number of rotatable bonds is 3. The molecule has 0 saturated heterocycles. The Kier molecular flexibility index (Phi) is 4.12. The number of aliphatic hydroxyl groups is 1. The van der Waals surface area contributed by atoms with Crippen molar-refractivity contribution in [3.8, 4) is 0 Å². The van der Waals surface area contributed by atoms with Gasteiger partial charge < -0.3 is 5.11 Å². The molecule has 0 amide bonds. The lowest BCUT2D eigenvalue weighted by molar-refractivity contribution is -0.138. The van der Waals surface area contributed by atoms with Gasteiger partial charge in [0.1, 0.15) is 5.82 Å². The second-order valence-electron chi connectivity index (χ2n) is 3.68. The van der Waals surface area contributed by atoms with E-state index in [9.17, 15) is 13.2 Å². The fraction of sp³-hybridized carbons (Fsp3) is 0.273. The van der Waals surface area contributed by atoms with Crippen LogP contribution in [0.4, 0.5) is 13.2 Å². The third kappa shape index (κ3) is 3.46. The van der Waals surface area contributed by atoms with Gasteiger partial charge in [-0.3, -0.25) is 0 Å². The van der Waals surface area contributed by atoms with Crippen LogP contribution < -0.4 is 0 Å². The third-order valence-electron chi connectivity index (χ3n) is 2.27. The Morgan fingerprint density at radius 3 is 2.63 bits per heavy atom. The predicted molar refractivity (Wildman–Crippen MR) is 66.1 cm³/mol. The Bertz CT molecular complexity index is 584. The van der Waals surface area contributed by atoms with Gasteiger partial charge in [0.25, 0.3) is 0 Å². The van der Waals surface area contributed by atoms with Crippen LogP contribution in [0.1, 0.15) is 17.0 Å². The molecule has 0 saturated carbocycles. The highest BCUT2D eigenvalue weighted by molar-refractivity contribution is 8.01. The zero-order chi connectivity index (χ0) is 14.0. The highest BCUT2D eigenvalue weighted by Gasteiger charge is 2.33. The van der Waals surface area contributed by atoms with E-state index < -0.39 is 18.3 Å². The van der Waals surface area contributed by atoms with Gasteiger partial charge in [0, 0.05) is 4.90 Å². The summed E-state index contributed by atoms with van der Waals surface area (Å²) >= 11 is 2.26. The maximum absolute atomic E-state index is 12.8. The molecule has 0 bridgehead atoms. The number of hydrogen-bond donors (Lipinski definition) is 1. The van der Waals surface area contributed by atoms with Gasteiger partial charge in [-0.15, -0.1) is 0 Å². The van der Waals surface area contributed by atoms with E-state index in [2.05, 4.69) is 9.36 Å². The van der Waals surface area contributed by atoms with Gasteiger partial charge in [0.05, 0.1) is 12.2 Å². The summed E-state index contributed by atoms with van der Waals surface area (Å²) in [5.41, 5.74) is -0.952. The topological polar surface area (TPSA) is 46.0 Å². The quantitative estimate of drug-likeness (QED) is 0.942. The van der Waals surface area contributed by atoms with Crippen LogP contribution in [0.5, 0.6) is 0 Å². The van der Waals surface area contributed by atoms with Crippen LogP contribution in [0.3, 0.4) is 0 Å². The van der Waals surface area contributed by atoms with E-state index in [-0.39, 0.29) is 5.56 Å². The van der Waals surface area contributed by atoms with Gasteiger partial charge in [0.2, 0.25) is 0 Å². The minimum Gasteiger partial charge on any atom is -0.392 e. The van der Waals surface area contributed by atoms with Crippen molar-refractivity contribution in [1.82, 2.24) is 9.36 Å². The highest BCUT2D eigenvalue weighted by Crippen LogP contribution is 2.37. The lowest BCUT2D eigenvalue weighted by Gasteiger charge is -2.12. The van der Waals surface area contributed by atoms with E-state index in [1.54, 1.807) is 6.92 Å². The fourth-order valence-corrected chi connectivity index (χ4v) is 3.11. The number of benzene rings is 1. The van der Waals surface area contributed by atoms with Crippen molar-refractivity contribution in [2.75, 3.05) is 0 Å². The molecular formula is C11H9F3N2OS2. The molecule has 0 aliphatic carbocycles. The number of nitrogens with zero attached hydrogens (tertiary/aromatic N) is 2. The van der Waals surface area contributed by atoms with Crippen LogP contribution in [0.15, 0.2) is 27.4 Å². The summed E-state index contributed by atoms with van der Waals surface area (Å²) < 4.78 is 43.0. The van der Waals surface area contributed by atoms with Crippen molar-refractivity contribution in [3.05, 3.63) is 35.2 Å². The molecule has 1 aromatic carbocycles. The van der Waals surface area contributed by atoms with Gasteiger partial charge in [-0.05, 0) is 36.2 Å². The number of hydrogen-bond acceptors (Lipinski definition) is 5. The SMILES string of the molecule is Cc1nsc(Sc2ccc(CO)c(C(F)(F)F)c2)n1. The summed E-state index contributed by atoms with van der Waals surface area (Å²) in [6.07, 6.45) is -4.48. The van der Waals surface area contributed by atoms with Crippen molar-refractivity contribution in [1.29, 1.82) is 0 Å². The van der Waals surface area contributed by atoms with Gasteiger partial charge in [-0.1, -0.05) is 17.8 Å². The number of aliphatic hydroxyl groups excluding tert-OH is 1. The highest BCUT2D eigenvalue weighted by atomic mass is 32.2. The number of alkyl halides is 3. The summed E-state index contributed by atoms with van der Waals surface area (Å²) in [5.74, 6) is 0.593. The molecule has 0 unspecified atom stereocenters. The third-order valence-corrected chi connectivity index (χ3v) is 4.10. The molecule has 102 valence electrons. The van der Waals surface area contributed by atoms with Crippen LogP contribution in [-0.2, 0) is 12.8 Å². The van der Waals surface area contributed by atoms with Crippen molar-refractivity contribution in [2.24, 2.45) is 0 Å². The number of aryl methyl sites for hydroxylation is 1. The largest absolute Gasteiger partial charge is 0.416 e. The molecule has 8 heteroatoms. The van der Waals surface area contributed by atoms with Gasteiger partial charge >= 0.3 is 6.18 Å². The van der Waals surface area contributed by atoms with Crippen LogP contribution >= 0.6 is 23.3 Å². The zero-order valence-corrected chi connectivity index (χ0v) is 11.4. The molecule has 1 N–H and O–H groups in total. The lowest BCUT2D eigenvalue weighted by atomic mass is 10.1. The first kappa shape index (κ1) is 14.3. The standard InChI is InChI=1S/C11H9F3N2OS2/c1-6-15-10(19-16-6)18-8-3-2-7(5-17)9(4-8)11(12,13)14/h2-4,17H,5H2,1H3. The predicted octanol–water partition coefficient (Wildman–Crippen LogP) is 3.51. The van der Waals surface area contributed by atoms with E-state index in [0.29, 0.717) is 15.1 Å². The fourth-order valence-electron chi connectivity index (χ4n) is 1.44. The average Bonchev–Trinajstić information content (AvgIpc) is 2.73. The van der Waals surface area contributed by atoms with Gasteiger partial charge in [0.15, 0.2) is 4.34 Å². The first-order valence-electron chi connectivity index (χ1n) is 5.19. The Hall–Kier alpha value is -1.12. The zero-order valence-electron chi connectivity index (χ0n) is 9.73. The Labute approximate surface area is 115 Å². The monoisotopic (exact) mass is 306 g/mol. The first-order chi connectivity index (χ1) is 8.90. The smallest absolute Gasteiger partial charge is 0.392 e. The molecule has 1 aromatic heterocycles. The number of halogens is 3. The summed E-state index contributed by atoms with van der Waals surface area (Å²) in [7, 11) is 0. The molecule has 0 spiro atoms. The van der Waals surface area contributed by atoms with Crippen molar-refractivity contribution in [3.63, 3.8) is 0 Å². The summed E-state index contributed by atoms with van der Waals surface area (Å²) in [6.45, 7) is 1.08. The molecule has 0 fully saturated rings. The molecule has 2 aromatic rings. The molecule has 0 aliphatic heterocycles. The molecule has 19 heavy (non-hydrogen) atoms. The van der Waals surface area contributed by atoms with E-state index in [1.165, 1.54) is 12.1 Å². The number of aromatic nitrogens is 2. The summed E-state index contributed by atoms with van der Waals surface area (Å²) in [4.78, 5) is 4.50. The van der Waals surface area contributed by atoms with Gasteiger partial charge in [-0.25, -0.2) is 4.98 Å². The maximum Gasteiger partial charge on any atom is 0.416 e. The first-order valence-corrected chi connectivity index (χ1v) is 6.78.